The Morgan fingerprint density at radius 1 is 1.37 bits per heavy atom. The van der Waals surface area contributed by atoms with Gasteiger partial charge in [-0.1, -0.05) is 33.6 Å². The highest BCUT2D eigenvalue weighted by molar-refractivity contribution is 9.10. The van der Waals surface area contributed by atoms with E-state index >= 15 is 0 Å². The van der Waals surface area contributed by atoms with Crippen molar-refractivity contribution in [3.05, 3.63) is 33.3 Å². The van der Waals surface area contributed by atoms with Crippen LogP contribution in [-0.2, 0) is 0 Å². The minimum Gasteiger partial charge on any atom is -0.296 e. The lowest BCUT2D eigenvalue weighted by molar-refractivity contribution is 0.106. The number of likely N-dealkylation sites (tertiary alicyclic amines) is 1. The Bertz CT molecular complexity index is 424. The SMILES string of the molecule is CC(C)(C(NN)c1c(Cl)cccc1Br)N1CCCC1. The van der Waals surface area contributed by atoms with Crippen LogP contribution in [0, 0.1) is 0 Å². The first-order valence-electron chi connectivity index (χ1n) is 6.63. The van der Waals surface area contributed by atoms with Crippen molar-refractivity contribution in [3.8, 4) is 0 Å². The number of nitrogens with two attached hydrogens (primary N) is 1. The van der Waals surface area contributed by atoms with Crippen molar-refractivity contribution in [2.45, 2.75) is 38.3 Å². The number of benzene rings is 1. The topological polar surface area (TPSA) is 41.3 Å². The number of hydrogen-bond donors (Lipinski definition) is 2. The predicted molar refractivity (Wildman–Crippen MR) is 84.1 cm³/mol. The summed E-state index contributed by atoms with van der Waals surface area (Å²) < 4.78 is 0.996. The lowest BCUT2D eigenvalue weighted by atomic mass is 9.87. The molecule has 0 saturated carbocycles. The fraction of sp³-hybridized carbons (Fsp3) is 0.571. The minimum atomic E-state index is -0.0846. The van der Waals surface area contributed by atoms with Crippen LogP contribution in [0.2, 0.25) is 5.02 Å². The third kappa shape index (κ3) is 2.98. The molecule has 3 N–H and O–H groups in total. The van der Waals surface area contributed by atoms with Gasteiger partial charge in [0.2, 0.25) is 0 Å². The van der Waals surface area contributed by atoms with Crippen molar-refractivity contribution in [1.82, 2.24) is 10.3 Å². The highest BCUT2D eigenvalue weighted by Gasteiger charge is 2.38. The quantitative estimate of drug-likeness (QED) is 0.648. The van der Waals surface area contributed by atoms with E-state index in [0.717, 1.165) is 28.1 Å². The van der Waals surface area contributed by atoms with Gasteiger partial charge in [-0.15, -0.1) is 0 Å². The summed E-state index contributed by atoms with van der Waals surface area (Å²) >= 11 is 9.96. The summed E-state index contributed by atoms with van der Waals surface area (Å²) in [7, 11) is 0. The number of nitrogens with one attached hydrogen (secondary N) is 1. The predicted octanol–water partition coefficient (Wildman–Crippen LogP) is 3.48. The molecule has 1 heterocycles. The number of hydrazine groups is 1. The summed E-state index contributed by atoms with van der Waals surface area (Å²) in [5.74, 6) is 5.84. The van der Waals surface area contributed by atoms with Crippen molar-refractivity contribution in [2.24, 2.45) is 5.84 Å². The first-order valence-corrected chi connectivity index (χ1v) is 7.80. The molecule has 1 aliphatic rings. The van der Waals surface area contributed by atoms with E-state index in [1.807, 2.05) is 18.2 Å². The molecule has 3 nitrogen and oxygen atoms in total. The van der Waals surface area contributed by atoms with Gasteiger partial charge in [-0.05, 0) is 51.9 Å². The van der Waals surface area contributed by atoms with E-state index in [4.69, 9.17) is 17.4 Å². The molecule has 1 atom stereocenters. The maximum Gasteiger partial charge on any atom is 0.0664 e. The highest BCUT2D eigenvalue weighted by atomic mass is 79.9. The van der Waals surface area contributed by atoms with Crippen LogP contribution in [0.1, 0.15) is 38.3 Å². The van der Waals surface area contributed by atoms with Crippen LogP contribution in [0.5, 0.6) is 0 Å². The number of halogens is 2. The molecule has 1 fully saturated rings. The first kappa shape index (κ1) is 15.3. The molecule has 1 aromatic rings. The third-order valence-electron chi connectivity index (χ3n) is 4.08. The summed E-state index contributed by atoms with van der Waals surface area (Å²) in [6.45, 7) is 6.68. The zero-order valence-corrected chi connectivity index (χ0v) is 13.8. The Kier molecular flexibility index (Phi) is 4.90. The van der Waals surface area contributed by atoms with Crippen LogP contribution in [0.3, 0.4) is 0 Å². The second-order valence-corrected chi connectivity index (χ2v) is 6.84. The van der Waals surface area contributed by atoms with Crippen molar-refractivity contribution < 1.29 is 0 Å². The lowest BCUT2D eigenvalue weighted by Gasteiger charge is -2.42. The molecule has 0 radical (unpaired) electrons. The minimum absolute atomic E-state index is 0.0197. The van der Waals surface area contributed by atoms with Gasteiger partial charge >= 0.3 is 0 Å². The summed E-state index contributed by atoms with van der Waals surface area (Å²) in [4.78, 5) is 2.48. The average Bonchev–Trinajstić information content (AvgIpc) is 2.88. The summed E-state index contributed by atoms with van der Waals surface area (Å²) in [5, 5.41) is 0.740. The van der Waals surface area contributed by atoms with E-state index in [1.54, 1.807) is 0 Å². The first-order chi connectivity index (χ1) is 8.98. The molecule has 1 saturated heterocycles. The Balaban J connectivity index is 2.38. The molecule has 19 heavy (non-hydrogen) atoms. The Hall–Kier alpha value is -0.130. The molecule has 0 aliphatic carbocycles. The van der Waals surface area contributed by atoms with Crippen LogP contribution >= 0.6 is 27.5 Å². The van der Waals surface area contributed by atoms with Gasteiger partial charge in [0, 0.05) is 20.6 Å². The molecule has 0 bridgehead atoms. The largest absolute Gasteiger partial charge is 0.296 e. The van der Waals surface area contributed by atoms with Crippen molar-refractivity contribution >= 4 is 27.5 Å². The van der Waals surface area contributed by atoms with E-state index in [1.165, 1.54) is 12.8 Å². The molecular formula is C14H21BrClN3. The molecule has 2 rings (SSSR count). The van der Waals surface area contributed by atoms with Crippen LogP contribution in [0.25, 0.3) is 0 Å². The van der Waals surface area contributed by atoms with Gasteiger partial charge in [-0.2, -0.15) is 0 Å². The maximum absolute atomic E-state index is 6.37. The van der Waals surface area contributed by atoms with E-state index in [9.17, 15) is 0 Å². The van der Waals surface area contributed by atoms with E-state index < -0.39 is 0 Å². The Morgan fingerprint density at radius 2 is 2.00 bits per heavy atom. The van der Waals surface area contributed by atoms with E-state index in [2.05, 4.69) is 40.1 Å². The molecular weight excluding hydrogens is 326 g/mol. The fourth-order valence-electron chi connectivity index (χ4n) is 2.90. The second-order valence-electron chi connectivity index (χ2n) is 5.58. The fourth-order valence-corrected chi connectivity index (χ4v) is 3.90. The monoisotopic (exact) mass is 345 g/mol. The smallest absolute Gasteiger partial charge is 0.0664 e. The highest BCUT2D eigenvalue weighted by Crippen LogP contribution is 2.39. The Labute approximate surface area is 128 Å². The van der Waals surface area contributed by atoms with Crippen LogP contribution in [0.15, 0.2) is 22.7 Å². The Morgan fingerprint density at radius 3 is 2.53 bits per heavy atom. The summed E-state index contributed by atoms with van der Waals surface area (Å²) in [6, 6.07) is 5.83. The number of rotatable bonds is 4. The summed E-state index contributed by atoms with van der Waals surface area (Å²) in [6.07, 6.45) is 2.51. The zero-order chi connectivity index (χ0) is 14.0. The number of nitrogens with zero attached hydrogens (tertiary/aromatic N) is 1. The summed E-state index contributed by atoms with van der Waals surface area (Å²) in [5.41, 5.74) is 3.91. The third-order valence-corrected chi connectivity index (χ3v) is 5.10. The zero-order valence-electron chi connectivity index (χ0n) is 11.4. The molecule has 106 valence electrons. The van der Waals surface area contributed by atoms with Gasteiger partial charge in [0.05, 0.1) is 6.04 Å². The van der Waals surface area contributed by atoms with Gasteiger partial charge in [0.1, 0.15) is 0 Å². The van der Waals surface area contributed by atoms with Gasteiger partial charge in [-0.25, -0.2) is 0 Å². The van der Waals surface area contributed by atoms with Crippen LogP contribution in [-0.4, -0.2) is 23.5 Å². The van der Waals surface area contributed by atoms with Gasteiger partial charge < -0.3 is 0 Å². The van der Waals surface area contributed by atoms with Gasteiger partial charge in [0.15, 0.2) is 0 Å². The number of hydrogen-bond acceptors (Lipinski definition) is 3. The van der Waals surface area contributed by atoms with Crippen molar-refractivity contribution in [1.29, 1.82) is 0 Å². The second kappa shape index (κ2) is 6.10. The molecule has 0 amide bonds. The van der Waals surface area contributed by atoms with E-state index in [-0.39, 0.29) is 11.6 Å². The van der Waals surface area contributed by atoms with Gasteiger partial charge in [0.25, 0.3) is 0 Å². The maximum atomic E-state index is 6.37. The molecule has 0 aromatic heterocycles. The normalized spacial score (nSPS) is 18.8. The van der Waals surface area contributed by atoms with E-state index in [0.29, 0.717) is 0 Å². The van der Waals surface area contributed by atoms with Crippen molar-refractivity contribution in [2.75, 3.05) is 13.1 Å². The molecule has 1 aliphatic heterocycles. The van der Waals surface area contributed by atoms with Crippen LogP contribution in [0.4, 0.5) is 0 Å². The van der Waals surface area contributed by atoms with Gasteiger partial charge in [-0.3, -0.25) is 16.2 Å². The average molecular weight is 347 g/mol. The standard InChI is InChI=1S/C14H21BrClN3/c1-14(2,19-8-3-4-9-19)13(18-17)12-10(15)6-5-7-11(12)16/h5-7,13,18H,3-4,8-9,17H2,1-2H3. The molecule has 5 heteroatoms. The van der Waals surface area contributed by atoms with Crippen LogP contribution < -0.4 is 11.3 Å². The molecule has 0 spiro atoms. The molecule has 1 aromatic carbocycles. The lowest BCUT2D eigenvalue weighted by Crippen LogP contribution is -2.53. The molecule has 1 unspecified atom stereocenters. The van der Waals surface area contributed by atoms with Crippen molar-refractivity contribution in [3.63, 3.8) is 0 Å².